The highest BCUT2D eigenvalue weighted by molar-refractivity contribution is 6.36. The molecule has 3 aliphatic rings. The van der Waals surface area contributed by atoms with Crippen molar-refractivity contribution in [2.45, 2.75) is 58.4 Å². The molecule has 1 aromatic heterocycles. The molecule has 0 unspecified atom stereocenters. The summed E-state index contributed by atoms with van der Waals surface area (Å²) in [4.78, 5) is 13.0. The third-order valence-corrected chi connectivity index (χ3v) is 6.80. The summed E-state index contributed by atoms with van der Waals surface area (Å²) in [7, 11) is 0. The highest BCUT2D eigenvalue weighted by Gasteiger charge is 2.40. The monoisotopic (exact) mass is 358 g/mol. The molecule has 1 amide bonds. The van der Waals surface area contributed by atoms with E-state index >= 15 is 0 Å². The van der Waals surface area contributed by atoms with Crippen molar-refractivity contribution in [1.82, 2.24) is 9.88 Å². The maximum absolute atomic E-state index is 13.0. The average molecular weight is 359 g/mol. The molecule has 0 atom stereocenters. The summed E-state index contributed by atoms with van der Waals surface area (Å²) in [6.07, 6.45) is 9.80. The molecule has 0 spiro atoms. The standard InChI is InChI=1S/C21H27ClN2O/c1-14(2)24-12-16(19-17(22)4-3-5-18(19)24)20(25)23-13-21-9-6-15(7-10-21)8-11-21/h3-5,12,14-15H,6-11,13H2,1-2H3,(H,23,25). The Labute approximate surface area is 154 Å². The lowest BCUT2D eigenvalue weighted by Gasteiger charge is -2.46. The van der Waals surface area contributed by atoms with Crippen LogP contribution in [0.15, 0.2) is 24.4 Å². The number of nitrogens with zero attached hydrogens (tertiary/aromatic N) is 1. The van der Waals surface area contributed by atoms with Crippen molar-refractivity contribution >= 4 is 28.4 Å². The Morgan fingerprint density at radius 1 is 1.28 bits per heavy atom. The quantitative estimate of drug-likeness (QED) is 0.760. The van der Waals surface area contributed by atoms with Crippen LogP contribution >= 0.6 is 11.6 Å². The van der Waals surface area contributed by atoms with E-state index in [9.17, 15) is 4.79 Å². The smallest absolute Gasteiger partial charge is 0.253 e. The highest BCUT2D eigenvalue weighted by Crippen LogP contribution is 2.49. The predicted octanol–water partition coefficient (Wildman–Crippen LogP) is 5.58. The van der Waals surface area contributed by atoms with E-state index in [1.807, 2.05) is 24.4 Å². The third kappa shape index (κ3) is 2.97. The number of rotatable bonds is 4. The number of benzene rings is 1. The van der Waals surface area contributed by atoms with Gasteiger partial charge in [-0.05, 0) is 75.8 Å². The molecule has 25 heavy (non-hydrogen) atoms. The second-order valence-corrected chi connectivity index (χ2v) is 8.75. The zero-order chi connectivity index (χ0) is 17.6. The third-order valence-electron chi connectivity index (χ3n) is 6.48. The van der Waals surface area contributed by atoms with Crippen LogP contribution in [-0.2, 0) is 0 Å². The van der Waals surface area contributed by atoms with Crippen LogP contribution in [0.4, 0.5) is 0 Å². The summed E-state index contributed by atoms with van der Waals surface area (Å²) >= 11 is 6.44. The Hall–Kier alpha value is -1.48. The van der Waals surface area contributed by atoms with Gasteiger partial charge >= 0.3 is 0 Å². The van der Waals surface area contributed by atoms with E-state index in [0.29, 0.717) is 16.0 Å². The van der Waals surface area contributed by atoms with Gasteiger partial charge in [-0.2, -0.15) is 0 Å². The molecule has 0 saturated heterocycles. The topological polar surface area (TPSA) is 34.0 Å². The summed E-state index contributed by atoms with van der Waals surface area (Å²) in [5, 5.41) is 4.77. The van der Waals surface area contributed by atoms with Crippen LogP contribution in [0, 0.1) is 11.3 Å². The first-order chi connectivity index (χ1) is 12.0. The van der Waals surface area contributed by atoms with Crippen molar-refractivity contribution in [1.29, 1.82) is 0 Å². The van der Waals surface area contributed by atoms with Gasteiger partial charge in [0, 0.05) is 24.2 Å². The summed E-state index contributed by atoms with van der Waals surface area (Å²) in [6.45, 7) is 5.06. The summed E-state index contributed by atoms with van der Waals surface area (Å²) in [5.74, 6) is 0.958. The normalized spacial score (nSPS) is 25.7. The summed E-state index contributed by atoms with van der Waals surface area (Å²) in [5.41, 5.74) is 2.07. The molecule has 3 aliphatic carbocycles. The minimum absolute atomic E-state index is 0.0135. The fraction of sp³-hybridized carbons (Fsp3) is 0.571. The van der Waals surface area contributed by atoms with Crippen LogP contribution in [0.2, 0.25) is 5.02 Å². The van der Waals surface area contributed by atoms with Gasteiger partial charge in [-0.15, -0.1) is 0 Å². The second-order valence-electron chi connectivity index (χ2n) is 8.34. The number of carbonyl (C=O) groups is 1. The zero-order valence-corrected chi connectivity index (χ0v) is 15.9. The van der Waals surface area contributed by atoms with Crippen molar-refractivity contribution in [2.75, 3.05) is 6.54 Å². The first kappa shape index (κ1) is 17.0. The first-order valence-electron chi connectivity index (χ1n) is 9.56. The van der Waals surface area contributed by atoms with Gasteiger partial charge in [0.2, 0.25) is 0 Å². The maximum Gasteiger partial charge on any atom is 0.253 e. The number of carbonyl (C=O) groups excluding carboxylic acids is 1. The molecule has 2 bridgehead atoms. The number of hydrogen-bond acceptors (Lipinski definition) is 1. The Bertz CT molecular complexity index is 786. The van der Waals surface area contributed by atoms with Gasteiger partial charge in [-0.25, -0.2) is 0 Å². The molecule has 1 heterocycles. The van der Waals surface area contributed by atoms with Gasteiger partial charge in [0.25, 0.3) is 5.91 Å². The number of fused-ring (bicyclic) bond motifs is 4. The molecule has 3 nitrogen and oxygen atoms in total. The minimum atomic E-state index is 0.0135. The number of hydrogen-bond donors (Lipinski definition) is 1. The van der Waals surface area contributed by atoms with E-state index in [-0.39, 0.29) is 11.9 Å². The summed E-state index contributed by atoms with van der Waals surface area (Å²) in [6, 6.07) is 6.14. The largest absolute Gasteiger partial charge is 0.351 e. The molecule has 5 rings (SSSR count). The zero-order valence-electron chi connectivity index (χ0n) is 15.1. The van der Waals surface area contributed by atoms with Gasteiger partial charge in [-0.3, -0.25) is 4.79 Å². The molecule has 3 saturated carbocycles. The Kier molecular flexibility index (Phi) is 4.31. The lowest BCUT2D eigenvalue weighted by atomic mass is 9.61. The van der Waals surface area contributed by atoms with Crippen LogP contribution in [0.3, 0.4) is 0 Å². The van der Waals surface area contributed by atoms with Crippen molar-refractivity contribution in [3.63, 3.8) is 0 Å². The number of nitrogens with one attached hydrogen (secondary N) is 1. The molecule has 3 fully saturated rings. The van der Waals surface area contributed by atoms with Crippen molar-refractivity contribution in [3.05, 3.63) is 35.0 Å². The van der Waals surface area contributed by atoms with E-state index < -0.39 is 0 Å². The van der Waals surface area contributed by atoms with Gasteiger partial charge in [0.05, 0.1) is 16.1 Å². The number of aromatic nitrogens is 1. The van der Waals surface area contributed by atoms with Gasteiger partial charge in [-0.1, -0.05) is 17.7 Å². The molecule has 0 radical (unpaired) electrons. The van der Waals surface area contributed by atoms with Gasteiger partial charge < -0.3 is 9.88 Å². The van der Waals surface area contributed by atoms with E-state index in [2.05, 4.69) is 23.7 Å². The van der Waals surface area contributed by atoms with Gasteiger partial charge in [0.15, 0.2) is 0 Å². The van der Waals surface area contributed by atoms with Gasteiger partial charge in [0.1, 0.15) is 0 Å². The average Bonchev–Trinajstić information content (AvgIpc) is 3.03. The highest BCUT2D eigenvalue weighted by atomic mass is 35.5. The summed E-state index contributed by atoms with van der Waals surface area (Å²) < 4.78 is 2.14. The van der Waals surface area contributed by atoms with Crippen molar-refractivity contribution in [3.8, 4) is 0 Å². The molecule has 4 heteroatoms. The SMILES string of the molecule is CC(C)n1cc(C(=O)NCC23CCC(CC2)CC3)c2c(Cl)cccc21. The molecule has 134 valence electrons. The number of amides is 1. The molecule has 2 aromatic rings. The predicted molar refractivity (Wildman–Crippen MR) is 103 cm³/mol. The van der Waals surface area contributed by atoms with E-state index in [1.165, 1.54) is 38.5 Å². The number of halogens is 1. The van der Waals surface area contributed by atoms with Crippen LogP contribution in [0.5, 0.6) is 0 Å². The molecule has 1 aromatic carbocycles. The van der Waals surface area contributed by atoms with Crippen LogP contribution in [0.1, 0.15) is 68.8 Å². The molecular formula is C21H27ClN2O. The van der Waals surface area contributed by atoms with E-state index in [0.717, 1.165) is 23.4 Å². The maximum atomic E-state index is 13.0. The Balaban J connectivity index is 1.60. The second kappa shape index (κ2) is 6.35. The van der Waals surface area contributed by atoms with Crippen molar-refractivity contribution in [2.24, 2.45) is 11.3 Å². The fourth-order valence-electron chi connectivity index (χ4n) is 4.83. The molecule has 0 aliphatic heterocycles. The Morgan fingerprint density at radius 2 is 1.96 bits per heavy atom. The van der Waals surface area contributed by atoms with E-state index in [4.69, 9.17) is 11.6 Å². The molecule has 1 N–H and O–H groups in total. The first-order valence-corrected chi connectivity index (χ1v) is 9.94. The lowest BCUT2D eigenvalue weighted by molar-refractivity contribution is 0.0598. The minimum Gasteiger partial charge on any atom is -0.351 e. The van der Waals surface area contributed by atoms with Crippen molar-refractivity contribution < 1.29 is 4.79 Å². The lowest BCUT2D eigenvalue weighted by Crippen LogP contribution is -2.43. The fourth-order valence-corrected chi connectivity index (χ4v) is 5.11. The molecular weight excluding hydrogens is 332 g/mol. The van der Waals surface area contributed by atoms with Crippen LogP contribution in [-0.4, -0.2) is 17.0 Å². The van der Waals surface area contributed by atoms with E-state index in [1.54, 1.807) is 0 Å². The Morgan fingerprint density at radius 3 is 2.60 bits per heavy atom. The van der Waals surface area contributed by atoms with Crippen LogP contribution < -0.4 is 5.32 Å². The van der Waals surface area contributed by atoms with Crippen LogP contribution in [0.25, 0.3) is 10.9 Å².